The molecule has 3 heterocycles. The highest BCUT2D eigenvalue weighted by molar-refractivity contribution is 7.91. The van der Waals surface area contributed by atoms with Crippen LogP contribution in [0.15, 0.2) is 6.20 Å². The summed E-state index contributed by atoms with van der Waals surface area (Å²) in [5.74, 6) is 0.647. The Kier molecular flexibility index (Phi) is 3.77. The molecule has 0 radical (unpaired) electrons. The molecule has 0 spiro atoms. The zero-order valence-corrected chi connectivity index (χ0v) is 12.7. The molecule has 2 atom stereocenters. The molecule has 1 aromatic heterocycles. The first kappa shape index (κ1) is 14.6. The molecule has 0 aliphatic carbocycles. The highest BCUT2D eigenvalue weighted by Gasteiger charge is 2.29. The van der Waals surface area contributed by atoms with Crippen LogP contribution in [0.3, 0.4) is 0 Å². The Labute approximate surface area is 124 Å². The van der Waals surface area contributed by atoms with E-state index < -0.39 is 21.8 Å². The Morgan fingerprint density at radius 1 is 1.38 bits per heavy atom. The van der Waals surface area contributed by atoms with Crippen molar-refractivity contribution in [3.63, 3.8) is 0 Å². The van der Waals surface area contributed by atoms with Gasteiger partial charge in [-0.2, -0.15) is 0 Å². The van der Waals surface area contributed by atoms with Gasteiger partial charge in [0.15, 0.2) is 9.84 Å². The first-order valence-corrected chi connectivity index (χ1v) is 9.26. The number of aryl methyl sites for hydroxylation is 1. The molecular weight excluding hydrogens is 292 g/mol. The number of aliphatic carboxylic acids is 1. The Hall–Kier alpha value is -1.37. The number of fused-ring (bicyclic) bond motifs is 1. The Morgan fingerprint density at radius 2 is 2.19 bits per heavy atom. The molecule has 0 amide bonds. The van der Waals surface area contributed by atoms with Gasteiger partial charge in [0.1, 0.15) is 11.9 Å². The molecule has 1 aromatic rings. The number of carbonyl (C=O) groups is 1. The van der Waals surface area contributed by atoms with Crippen LogP contribution < -0.4 is 0 Å². The van der Waals surface area contributed by atoms with Crippen LogP contribution in [0.2, 0.25) is 0 Å². The summed E-state index contributed by atoms with van der Waals surface area (Å²) in [6.45, 7) is 0. The maximum Gasteiger partial charge on any atom is 0.326 e. The predicted octanol–water partition coefficient (Wildman–Crippen LogP) is 1.21. The Morgan fingerprint density at radius 3 is 2.90 bits per heavy atom. The normalized spacial score (nSPS) is 28.0. The number of carboxylic acids is 1. The van der Waals surface area contributed by atoms with Gasteiger partial charge in [-0.25, -0.2) is 18.2 Å². The molecule has 6 nitrogen and oxygen atoms in total. The third kappa shape index (κ3) is 3.12. The highest BCUT2D eigenvalue weighted by atomic mass is 32.2. The van der Waals surface area contributed by atoms with Crippen LogP contribution in [0.1, 0.15) is 43.2 Å². The number of carboxylic acid groups (broad SMARTS) is 1. The second-order valence-corrected chi connectivity index (χ2v) is 8.36. The summed E-state index contributed by atoms with van der Waals surface area (Å²) in [7, 11) is -2.91. The molecule has 0 saturated carbocycles. The predicted molar refractivity (Wildman–Crippen MR) is 76.9 cm³/mol. The summed E-state index contributed by atoms with van der Waals surface area (Å²) in [6.07, 6.45) is 6.34. The first-order chi connectivity index (χ1) is 9.94. The van der Waals surface area contributed by atoms with Crippen molar-refractivity contribution in [2.45, 2.75) is 44.6 Å². The molecule has 116 valence electrons. The van der Waals surface area contributed by atoms with Gasteiger partial charge in [0.2, 0.25) is 0 Å². The molecule has 2 unspecified atom stereocenters. The van der Waals surface area contributed by atoms with E-state index in [-0.39, 0.29) is 11.7 Å². The van der Waals surface area contributed by atoms with Crippen molar-refractivity contribution in [1.82, 2.24) is 9.55 Å². The smallest absolute Gasteiger partial charge is 0.326 e. The lowest BCUT2D eigenvalue weighted by molar-refractivity contribution is -0.141. The molecular formula is C14H20N2O4S. The standard InChI is InChI=1S/C14H20N2O4S/c17-14(18)12-4-1-5-13-15-11(8-16(12)13)7-10-3-2-6-21(19,20)9-10/h8,10,12H,1-7,9H2,(H,17,18). The Balaban J connectivity index is 1.77. The number of rotatable bonds is 3. The maximum absolute atomic E-state index is 11.7. The van der Waals surface area contributed by atoms with E-state index in [0.717, 1.165) is 37.2 Å². The van der Waals surface area contributed by atoms with Crippen LogP contribution in [-0.4, -0.2) is 40.6 Å². The number of sulfone groups is 1. The fraction of sp³-hybridized carbons (Fsp3) is 0.714. The zero-order valence-electron chi connectivity index (χ0n) is 11.9. The summed E-state index contributed by atoms with van der Waals surface area (Å²) in [5, 5.41) is 9.26. The van der Waals surface area contributed by atoms with Crippen molar-refractivity contribution >= 4 is 15.8 Å². The molecule has 21 heavy (non-hydrogen) atoms. The van der Waals surface area contributed by atoms with E-state index in [0.29, 0.717) is 18.6 Å². The van der Waals surface area contributed by atoms with Gasteiger partial charge in [-0.1, -0.05) is 0 Å². The van der Waals surface area contributed by atoms with E-state index in [1.54, 1.807) is 4.57 Å². The average molecular weight is 312 g/mol. The topological polar surface area (TPSA) is 89.3 Å². The van der Waals surface area contributed by atoms with Crippen molar-refractivity contribution in [3.8, 4) is 0 Å². The van der Waals surface area contributed by atoms with Crippen LogP contribution in [0, 0.1) is 5.92 Å². The van der Waals surface area contributed by atoms with Crippen LogP contribution >= 0.6 is 0 Å². The molecule has 0 aromatic carbocycles. The van der Waals surface area contributed by atoms with Crippen molar-refractivity contribution in [2.75, 3.05) is 11.5 Å². The Bertz CT molecular complexity index is 650. The van der Waals surface area contributed by atoms with Gasteiger partial charge >= 0.3 is 5.97 Å². The lowest BCUT2D eigenvalue weighted by Gasteiger charge is -2.21. The van der Waals surface area contributed by atoms with Gasteiger partial charge in [-0.15, -0.1) is 0 Å². The third-order valence-electron chi connectivity index (χ3n) is 4.41. The minimum atomic E-state index is -2.91. The van der Waals surface area contributed by atoms with E-state index in [1.807, 2.05) is 6.20 Å². The minimum absolute atomic E-state index is 0.115. The molecule has 3 rings (SSSR count). The molecule has 1 fully saturated rings. The van der Waals surface area contributed by atoms with Gasteiger partial charge in [0.05, 0.1) is 17.2 Å². The molecule has 2 aliphatic heterocycles. The highest BCUT2D eigenvalue weighted by Crippen LogP contribution is 2.27. The summed E-state index contributed by atoms with van der Waals surface area (Å²) in [5.41, 5.74) is 0.834. The van der Waals surface area contributed by atoms with Crippen LogP contribution in [0.5, 0.6) is 0 Å². The second-order valence-electron chi connectivity index (χ2n) is 6.13. The first-order valence-electron chi connectivity index (χ1n) is 7.44. The number of hydrogen-bond acceptors (Lipinski definition) is 4. The number of aromatic nitrogens is 2. The average Bonchev–Trinajstić information content (AvgIpc) is 2.78. The van der Waals surface area contributed by atoms with Crippen LogP contribution in [0.4, 0.5) is 0 Å². The molecule has 0 bridgehead atoms. The fourth-order valence-corrected chi connectivity index (χ4v) is 5.23. The van der Waals surface area contributed by atoms with Crippen molar-refractivity contribution in [1.29, 1.82) is 0 Å². The minimum Gasteiger partial charge on any atom is -0.480 e. The van der Waals surface area contributed by atoms with Gasteiger partial charge in [0.25, 0.3) is 0 Å². The lowest BCUT2D eigenvalue weighted by atomic mass is 10.00. The van der Waals surface area contributed by atoms with E-state index in [2.05, 4.69) is 4.98 Å². The van der Waals surface area contributed by atoms with Gasteiger partial charge in [0, 0.05) is 12.6 Å². The van der Waals surface area contributed by atoms with E-state index >= 15 is 0 Å². The molecule has 2 aliphatic rings. The van der Waals surface area contributed by atoms with Crippen LogP contribution in [-0.2, 0) is 27.5 Å². The van der Waals surface area contributed by atoms with Gasteiger partial charge < -0.3 is 9.67 Å². The second kappa shape index (κ2) is 5.44. The van der Waals surface area contributed by atoms with Crippen molar-refractivity contribution in [3.05, 3.63) is 17.7 Å². The molecule has 1 saturated heterocycles. The van der Waals surface area contributed by atoms with E-state index in [9.17, 15) is 18.3 Å². The number of imidazole rings is 1. The number of hydrogen-bond donors (Lipinski definition) is 1. The lowest BCUT2D eigenvalue weighted by Crippen LogP contribution is -2.26. The van der Waals surface area contributed by atoms with Gasteiger partial charge in [-0.05, 0) is 38.0 Å². The summed E-state index contributed by atoms with van der Waals surface area (Å²) >= 11 is 0. The third-order valence-corrected chi connectivity index (χ3v) is 6.30. The van der Waals surface area contributed by atoms with E-state index in [4.69, 9.17) is 0 Å². The number of nitrogens with zero attached hydrogens (tertiary/aromatic N) is 2. The summed E-state index contributed by atoms with van der Waals surface area (Å²) in [6, 6.07) is -0.523. The quantitative estimate of drug-likeness (QED) is 0.906. The summed E-state index contributed by atoms with van der Waals surface area (Å²) in [4.78, 5) is 15.8. The fourth-order valence-electron chi connectivity index (χ4n) is 3.45. The SMILES string of the molecule is O=C(O)C1CCCc2nc(CC3CCCS(=O)(=O)C3)cn21. The monoisotopic (exact) mass is 312 g/mol. The van der Waals surface area contributed by atoms with E-state index in [1.165, 1.54) is 0 Å². The van der Waals surface area contributed by atoms with Gasteiger partial charge in [-0.3, -0.25) is 0 Å². The summed E-state index contributed by atoms with van der Waals surface area (Å²) < 4.78 is 25.1. The van der Waals surface area contributed by atoms with Crippen LogP contribution in [0.25, 0.3) is 0 Å². The maximum atomic E-state index is 11.7. The molecule has 7 heteroatoms. The molecule has 1 N–H and O–H groups in total. The largest absolute Gasteiger partial charge is 0.480 e. The van der Waals surface area contributed by atoms with Crippen molar-refractivity contribution in [2.24, 2.45) is 5.92 Å². The van der Waals surface area contributed by atoms with Crippen molar-refractivity contribution < 1.29 is 18.3 Å². The zero-order chi connectivity index (χ0) is 15.0.